The number of hydrogen-bond donors (Lipinski definition) is 0. The minimum Gasteiger partial charge on any atom is -0.233 e. The maximum absolute atomic E-state index is 4.53. The van der Waals surface area contributed by atoms with Crippen LogP contribution >= 0.6 is 15.9 Å². The second-order valence-corrected chi connectivity index (χ2v) is 4.90. The molecule has 2 rings (SSSR count). The Bertz CT molecular complexity index is 436. The van der Waals surface area contributed by atoms with Gasteiger partial charge in [-0.25, -0.2) is 9.50 Å². The van der Waals surface area contributed by atoms with E-state index in [9.17, 15) is 0 Å². The maximum Gasteiger partial charge on any atom is 0.155 e. The first-order chi connectivity index (χ1) is 6.68. The molecule has 2 aromatic rings. The average molecular weight is 254 g/mol. The Labute approximate surface area is 91.3 Å². The van der Waals surface area contributed by atoms with Crippen LogP contribution in [0.25, 0.3) is 5.65 Å². The smallest absolute Gasteiger partial charge is 0.155 e. The molecule has 2 heterocycles. The van der Waals surface area contributed by atoms with Crippen molar-refractivity contribution in [2.75, 3.05) is 0 Å². The first-order valence-electron chi connectivity index (χ1n) is 4.63. The summed E-state index contributed by atoms with van der Waals surface area (Å²) in [6.45, 7) is 4.29. The first kappa shape index (κ1) is 9.65. The summed E-state index contributed by atoms with van der Waals surface area (Å²) in [7, 11) is 0. The zero-order valence-corrected chi connectivity index (χ0v) is 9.77. The van der Waals surface area contributed by atoms with Crippen molar-refractivity contribution in [3.05, 3.63) is 30.2 Å². The van der Waals surface area contributed by atoms with Crippen molar-refractivity contribution < 1.29 is 0 Å². The van der Waals surface area contributed by atoms with Crippen LogP contribution in [0.4, 0.5) is 0 Å². The molecule has 0 aliphatic heterocycles. The molecule has 0 saturated carbocycles. The average Bonchev–Trinajstić information content (AvgIpc) is 2.62. The number of nitrogens with zero attached hydrogens (tertiary/aromatic N) is 3. The van der Waals surface area contributed by atoms with E-state index in [2.05, 4.69) is 39.9 Å². The van der Waals surface area contributed by atoms with Gasteiger partial charge >= 0.3 is 0 Å². The fourth-order valence-corrected chi connectivity index (χ4v) is 1.59. The molecular weight excluding hydrogens is 242 g/mol. The van der Waals surface area contributed by atoms with Crippen molar-refractivity contribution in [2.45, 2.75) is 24.6 Å². The summed E-state index contributed by atoms with van der Waals surface area (Å²) in [6, 6.07) is 3.93. The van der Waals surface area contributed by atoms with Crippen molar-refractivity contribution >= 4 is 21.6 Å². The number of hydrogen-bond acceptors (Lipinski definition) is 2. The summed E-state index contributed by atoms with van der Waals surface area (Å²) >= 11 is 3.57. The Kier molecular flexibility index (Phi) is 2.54. The molecule has 74 valence electrons. The molecule has 0 spiro atoms. The van der Waals surface area contributed by atoms with Gasteiger partial charge in [0.25, 0.3) is 0 Å². The molecule has 14 heavy (non-hydrogen) atoms. The van der Waals surface area contributed by atoms with E-state index < -0.39 is 0 Å². The van der Waals surface area contributed by atoms with Gasteiger partial charge in [0.15, 0.2) is 5.65 Å². The minimum atomic E-state index is 0.412. The quantitative estimate of drug-likeness (QED) is 0.771. The highest BCUT2D eigenvalue weighted by atomic mass is 79.9. The van der Waals surface area contributed by atoms with E-state index in [4.69, 9.17) is 0 Å². The van der Waals surface area contributed by atoms with Gasteiger partial charge in [0.1, 0.15) is 0 Å². The third-order valence-corrected chi connectivity index (χ3v) is 3.23. The summed E-state index contributed by atoms with van der Waals surface area (Å²) < 4.78 is 1.77. The summed E-state index contributed by atoms with van der Waals surface area (Å²) in [5, 5.41) is 4.11. The van der Waals surface area contributed by atoms with Crippen molar-refractivity contribution in [3.8, 4) is 0 Å². The van der Waals surface area contributed by atoms with E-state index in [1.807, 2.05) is 18.3 Å². The molecule has 4 heteroatoms. The van der Waals surface area contributed by atoms with E-state index in [1.54, 1.807) is 10.7 Å². The molecule has 0 amide bonds. The summed E-state index contributed by atoms with van der Waals surface area (Å²) in [5.74, 6) is 0.412. The molecule has 0 saturated heterocycles. The summed E-state index contributed by atoms with van der Waals surface area (Å²) in [4.78, 5) is 4.96. The molecule has 2 aromatic heterocycles. The Morgan fingerprint density at radius 2 is 2.14 bits per heavy atom. The van der Waals surface area contributed by atoms with E-state index in [0.717, 1.165) is 11.3 Å². The highest BCUT2D eigenvalue weighted by molar-refractivity contribution is 9.09. The fourth-order valence-electron chi connectivity index (χ4n) is 1.32. The molecule has 2 atom stereocenters. The molecule has 0 aliphatic carbocycles. The van der Waals surface area contributed by atoms with E-state index in [0.29, 0.717) is 10.7 Å². The zero-order chi connectivity index (χ0) is 10.1. The lowest BCUT2D eigenvalue weighted by molar-refractivity contribution is 0.729. The third kappa shape index (κ3) is 1.66. The largest absolute Gasteiger partial charge is 0.233 e. The van der Waals surface area contributed by atoms with Crippen LogP contribution in [-0.4, -0.2) is 19.4 Å². The first-order valence-corrected chi connectivity index (χ1v) is 5.54. The van der Waals surface area contributed by atoms with Crippen LogP contribution in [0.5, 0.6) is 0 Å². The van der Waals surface area contributed by atoms with E-state index in [-0.39, 0.29) is 0 Å². The van der Waals surface area contributed by atoms with Gasteiger partial charge in [-0.2, -0.15) is 5.10 Å². The molecule has 0 N–H and O–H groups in total. The molecular formula is C10H12BrN3. The fraction of sp³-hybridized carbons (Fsp3) is 0.400. The monoisotopic (exact) mass is 253 g/mol. The highest BCUT2D eigenvalue weighted by Gasteiger charge is 2.12. The van der Waals surface area contributed by atoms with Crippen LogP contribution in [0.1, 0.15) is 25.5 Å². The predicted molar refractivity (Wildman–Crippen MR) is 59.8 cm³/mol. The van der Waals surface area contributed by atoms with E-state index >= 15 is 0 Å². The lowest BCUT2D eigenvalue weighted by Crippen LogP contribution is -2.07. The molecule has 0 radical (unpaired) electrons. The van der Waals surface area contributed by atoms with Crippen LogP contribution in [-0.2, 0) is 0 Å². The van der Waals surface area contributed by atoms with Crippen LogP contribution in [0.3, 0.4) is 0 Å². The van der Waals surface area contributed by atoms with Gasteiger partial charge in [0, 0.05) is 28.7 Å². The van der Waals surface area contributed by atoms with Crippen LogP contribution < -0.4 is 0 Å². The van der Waals surface area contributed by atoms with Gasteiger partial charge < -0.3 is 0 Å². The van der Waals surface area contributed by atoms with Crippen molar-refractivity contribution in [3.63, 3.8) is 0 Å². The number of halogens is 1. The predicted octanol–water partition coefficient (Wildman–Crippen LogP) is 2.62. The van der Waals surface area contributed by atoms with Gasteiger partial charge in [0.2, 0.25) is 0 Å². The summed E-state index contributed by atoms with van der Waals surface area (Å²) in [5.41, 5.74) is 2.00. The number of alkyl halides is 1. The molecule has 2 unspecified atom stereocenters. The Balaban J connectivity index is 2.43. The number of aromatic nitrogens is 3. The molecule has 0 fully saturated rings. The zero-order valence-electron chi connectivity index (χ0n) is 8.18. The minimum absolute atomic E-state index is 0.412. The van der Waals surface area contributed by atoms with Crippen LogP contribution in [0.2, 0.25) is 0 Å². The lowest BCUT2D eigenvalue weighted by atomic mass is 10.1. The highest BCUT2D eigenvalue weighted by Crippen LogP contribution is 2.22. The molecule has 0 aliphatic rings. The van der Waals surface area contributed by atoms with Crippen LogP contribution in [0.15, 0.2) is 24.5 Å². The third-order valence-electron chi connectivity index (χ3n) is 2.44. The van der Waals surface area contributed by atoms with E-state index in [1.165, 1.54) is 0 Å². The summed E-state index contributed by atoms with van der Waals surface area (Å²) in [6.07, 6.45) is 3.71. The standard InChI is InChI=1S/C10H12BrN3/c1-7(8(2)11)9-4-6-14-10(13-9)3-5-12-14/h3-8H,1-2H3. The molecule has 0 bridgehead atoms. The van der Waals surface area contributed by atoms with Crippen molar-refractivity contribution in [1.29, 1.82) is 0 Å². The number of fused-ring (bicyclic) bond motifs is 1. The Hall–Kier alpha value is -0.900. The second-order valence-electron chi connectivity index (χ2n) is 3.45. The number of rotatable bonds is 2. The van der Waals surface area contributed by atoms with Gasteiger partial charge in [-0.3, -0.25) is 0 Å². The van der Waals surface area contributed by atoms with Crippen LogP contribution in [0, 0.1) is 0 Å². The lowest BCUT2D eigenvalue weighted by Gasteiger charge is -2.13. The topological polar surface area (TPSA) is 30.2 Å². The van der Waals surface area contributed by atoms with Gasteiger partial charge in [0.05, 0.1) is 6.20 Å². The van der Waals surface area contributed by atoms with Crippen molar-refractivity contribution in [2.24, 2.45) is 0 Å². The molecule has 3 nitrogen and oxygen atoms in total. The Morgan fingerprint density at radius 1 is 1.36 bits per heavy atom. The molecule has 0 aromatic carbocycles. The van der Waals surface area contributed by atoms with Gasteiger partial charge in [-0.1, -0.05) is 29.8 Å². The van der Waals surface area contributed by atoms with Gasteiger partial charge in [-0.05, 0) is 6.07 Å². The van der Waals surface area contributed by atoms with Gasteiger partial charge in [-0.15, -0.1) is 0 Å². The second kappa shape index (κ2) is 3.69. The Morgan fingerprint density at radius 3 is 2.86 bits per heavy atom. The maximum atomic E-state index is 4.53. The SMILES string of the molecule is CC(Br)C(C)c1ccn2nccc2n1. The normalized spacial score (nSPS) is 15.6. The van der Waals surface area contributed by atoms with Crippen molar-refractivity contribution in [1.82, 2.24) is 14.6 Å².